The maximum Gasteiger partial charge on any atom is 0.534 e. The van der Waals surface area contributed by atoms with Gasteiger partial charge < -0.3 is 33.1 Å². The van der Waals surface area contributed by atoms with Crippen molar-refractivity contribution in [2.45, 2.75) is 10.4 Å². The minimum atomic E-state index is -5.91. The molecule has 0 unspecified atom stereocenters. The lowest BCUT2D eigenvalue weighted by Crippen LogP contribution is -3.00. The van der Waals surface area contributed by atoms with Gasteiger partial charge in [0.25, 0.3) is 0 Å². The molecule has 1 aliphatic rings. The van der Waals surface area contributed by atoms with Gasteiger partial charge in [-0.1, -0.05) is 54.2 Å². The third-order valence-electron chi connectivity index (χ3n) is 5.50. The highest BCUT2D eigenvalue weighted by Gasteiger charge is 2.50. The molecule has 36 heavy (non-hydrogen) atoms. The zero-order valence-corrected chi connectivity index (χ0v) is 22.4. The van der Waals surface area contributed by atoms with E-state index in [9.17, 15) is 21.6 Å². The summed E-state index contributed by atoms with van der Waals surface area (Å²) in [5.41, 5.74) is -3.12. The summed E-state index contributed by atoms with van der Waals surface area (Å²) in [6.45, 7) is 0. The summed E-state index contributed by atoms with van der Waals surface area (Å²) < 4.78 is 69.9. The first-order valence-corrected chi connectivity index (χ1v) is 12.6. The second-order valence-electron chi connectivity index (χ2n) is 7.72. The molecule has 0 bridgehead atoms. The smallest absolute Gasteiger partial charge is 0.534 e. The molecule has 0 N–H and O–H groups in total. The molecule has 5 nitrogen and oxygen atoms in total. The van der Waals surface area contributed by atoms with Gasteiger partial charge in [-0.3, -0.25) is 0 Å². The fourth-order valence-corrected chi connectivity index (χ4v) is 5.41. The number of fused-ring (bicyclic) bond motifs is 2. The first kappa shape index (κ1) is 26.3. The number of nitrogens with zero attached hydrogens (tertiary/aromatic N) is 2. The molecule has 2 heterocycles. The molecule has 3 aromatic carbocycles. The van der Waals surface area contributed by atoms with E-state index >= 15 is 0 Å². The fourth-order valence-electron chi connectivity index (χ4n) is 3.87. The van der Waals surface area contributed by atoms with Crippen LogP contribution in [0.1, 0.15) is 5.56 Å². The van der Waals surface area contributed by atoms with Gasteiger partial charge in [-0.15, -0.1) is 4.57 Å². The van der Waals surface area contributed by atoms with Crippen molar-refractivity contribution in [3.8, 4) is 11.6 Å². The quantitative estimate of drug-likeness (QED) is 0.149. The van der Waals surface area contributed by atoms with Crippen molar-refractivity contribution >= 4 is 44.5 Å². The maximum atomic E-state index is 13.3. The monoisotopic (exact) mass is 642 g/mol. The van der Waals surface area contributed by atoms with Gasteiger partial charge in [-0.05, 0) is 24.3 Å². The maximum absolute atomic E-state index is 13.3. The third kappa shape index (κ3) is 4.78. The molecule has 0 spiro atoms. The standard InChI is InChI=1S/C25H18F3N2O3S2.HI/c1-29-21-13-7-8-14-22(21)34-24(29)16-17-15-23(33-35(31,32)25(26,27)28)30(18-9-3-2-4-10-18)20-12-6-5-11-19(17)20;/h2-16H,1H3;1H/q+1;/p-1. The SMILES string of the molecule is CN1/C(=C/c2cc(OS(=O)(=O)C(F)(F)F)[n+](-c3ccccc3)c3ccccc23)Sc2ccccc21.[I-]. The number of rotatable bonds is 4. The molecule has 0 atom stereocenters. The summed E-state index contributed by atoms with van der Waals surface area (Å²) in [6, 6.07) is 24.7. The Labute approximate surface area is 227 Å². The zero-order chi connectivity index (χ0) is 24.8. The van der Waals surface area contributed by atoms with Crippen molar-refractivity contribution in [1.29, 1.82) is 0 Å². The van der Waals surface area contributed by atoms with Crippen LogP contribution in [0.25, 0.3) is 22.7 Å². The van der Waals surface area contributed by atoms with Crippen molar-refractivity contribution in [2.75, 3.05) is 11.9 Å². The average molecular weight is 642 g/mol. The van der Waals surface area contributed by atoms with Gasteiger partial charge in [0.15, 0.2) is 0 Å². The van der Waals surface area contributed by atoms with E-state index in [1.165, 1.54) is 22.4 Å². The molecule has 0 fully saturated rings. The molecule has 1 aromatic heterocycles. The minimum Gasteiger partial charge on any atom is -1.00 e. The van der Waals surface area contributed by atoms with Gasteiger partial charge >= 0.3 is 21.5 Å². The van der Waals surface area contributed by atoms with Crippen LogP contribution in [0.5, 0.6) is 5.88 Å². The Balaban J connectivity index is 0.00000304. The number of pyridine rings is 1. The molecular formula is C25H18F3IN2O3S2. The fraction of sp³-hybridized carbons (Fsp3) is 0.0800. The van der Waals surface area contributed by atoms with E-state index in [4.69, 9.17) is 4.18 Å². The Hall–Kier alpha value is -2.77. The Morgan fingerprint density at radius 1 is 0.944 bits per heavy atom. The molecule has 0 aliphatic carbocycles. The summed E-state index contributed by atoms with van der Waals surface area (Å²) in [4.78, 5) is 3.01. The highest BCUT2D eigenvalue weighted by atomic mass is 127. The lowest BCUT2D eigenvalue weighted by Gasteiger charge is -2.15. The van der Waals surface area contributed by atoms with Gasteiger partial charge in [-0.25, -0.2) is 0 Å². The van der Waals surface area contributed by atoms with Crippen LogP contribution in [0.4, 0.5) is 18.9 Å². The molecule has 186 valence electrons. The zero-order valence-electron chi connectivity index (χ0n) is 18.6. The van der Waals surface area contributed by atoms with Gasteiger partial charge in [0.1, 0.15) is 0 Å². The van der Waals surface area contributed by atoms with Crippen molar-refractivity contribution < 1.29 is 54.3 Å². The van der Waals surface area contributed by atoms with Crippen LogP contribution in [-0.2, 0) is 10.1 Å². The topological polar surface area (TPSA) is 50.5 Å². The summed E-state index contributed by atoms with van der Waals surface area (Å²) in [6.07, 6.45) is 1.81. The van der Waals surface area contributed by atoms with Crippen LogP contribution in [0.3, 0.4) is 0 Å². The number of aromatic nitrogens is 1. The van der Waals surface area contributed by atoms with Crippen LogP contribution < -0.4 is 37.6 Å². The third-order valence-corrected chi connectivity index (χ3v) is 7.62. The van der Waals surface area contributed by atoms with Crippen molar-refractivity contribution in [2.24, 2.45) is 0 Å². The highest BCUT2D eigenvalue weighted by Crippen LogP contribution is 2.46. The Bertz CT molecular complexity index is 1580. The first-order valence-electron chi connectivity index (χ1n) is 10.4. The van der Waals surface area contributed by atoms with Crippen LogP contribution >= 0.6 is 11.8 Å². The summed E-state index contributed by atoms with van der Waals surface area (Å²) in [5, 5.41) is 1.55. The lowest BCUT2D eigenvalue weighted by molar-refractivity contribution is -0.572. The van der Waals surface area contributed by atoms with E-state index in [0.717, 1.165) is 15.6 Å². The Kier molecular flexibility index (Phi) is 7.26. The molecule has 5 rings (SSSR count). The number of thioether (sulfide) groups is 1. The van der Waals surface area contributed by atoms with Gasteiger partial charge in [0.2, 0.25) is 11.2 Å². The molecular weight excluding hydrogens is 624 g/mol. The summed E-state index contributed by atoms with van der Waals surface area (Å²) in [5.74, 6) is -0.470. The second kappa shape index (κ2) is 9.94. The van der Waals surface area contributed by atoms with E-state index in [-0.39, 0.29) is 24.0 Å². The second-order valence-corrected chi connectivity index (χ2v) is 10.3. The molecule has 0 radical (unpaired) electrons. The number of hydrogen-bond donors (Lipinski definition) is 0. The molecule has 11 heteroatoms. The lowest BCUT2D eigenvalue weighted by atomic mass is 10.1. The molecule has 0 saturated heterocycles. The van der Waals surface area contributed by atoms with E-state index in [1.54, 1.807) is 42.5 Å². The van der Waals surface area contributed by atoms with Crippen LogP contribution in [0, 0.1) is 0 Å². The summed E-state index contributed by atoms with van der Waals surface area (Å²) >= 11 is 1.51. The van der Waals surface area contributed by atoms with Crippen molar-refractivity contribution in [3.05, 3.63) is 95.5 Å². The van der Waals surface area contributed by atoms with Crippen LogP contribution in [0.2, 0.25) is 0 Å². The normalized spacial score (nSPS) is 14.6. The van der Waals surface area contributed by atoms with Crippen molar-refractivity contribution in [1.82, 2.24) is 0 Å². The number of benzene rings is 3. The number of anilines is 1. The van der Waals surface area contributed by atoms with Gasteiger partial charge in [0, 0.05) is 35.7 Å². The number of halogens is 4. The van der Waals surface area contributed by atoms with Crippen LogP contribution in [-0.4, -0.2) is 21.0 Å². The Morgan fingerprint density at radius 2 is 1.58 bits per heavy atom. The van der Waals surface area contributed by atoms with Crippen LogP contribution in [0.15, 0.2) is 94.9 Å². The van der Waals surface area contributed by atoms with E-state index in [0.29, 0.717) is 22.2 Å². The first-order chi connectivity index (χ1) is 16.7. The summed E-state index contributed by atoms with van der Waals surface area (Å²) in [7, 11) is -4.01. The predicted molar refractivity (Wildman–Crippen MR) is 130 cm³/mol. The number of para-hydroxylation sites is 3. The van der Waals surface area contributed by atoms with E-state index < -0.39 is 21.5 Å². The number of alkyl halides is 3. The average Bonchev–Trinajstić information content (AvgIpc) is 3.14. The Morgan fingerprint density at radius 3 is 2.28 bits per heavy atom. The van der Waals surface area contributed by atoms with Crippen molar-refractivity contribution in [3.63, 3.8) is 0 Å². The number of hydrogen-bond acceptors (Lipinski definition) is 5. The van der Waals surface area contributed by atoms with Gasteiger partial charge in [-0.2, -0.15) is 21.6 Å². The molecule has 4 aromatic rings. The predicted octanol–water partition coefficient (Wildman–Crippen LogP) is 2.89. The van der Waals surface area contributed by atoms with Gasteiger partial charge in [0.05, 0.1) is 22.2 Å². The molecule has 0 amide bonds. The van der Waals surface area contributed by atoms with E-state index in [1.807, 2.05) is 54.4 Å². The highest BCUT2D eigenvalue weighted by molar-refractivity contribution is 8.03. The minimum absolute atomic E-state index is 0. The molecule has 1 aliphatic heterocycles. The largest absolute Gasteiger partial charge is 1.00 e. The molecule has 0 saturated carbocycles. The van der Waals surface area contributed by atoms with E-state index in [2.05, 4.69) is 0 Å².